The number of carbonyl (C=O) groups excluding carboxylic acids is 1. The lowest BCUT2D eigenvalue weighted by molar-refractivity contribution is -0.114. The minimum absolute atomic E-state index is 0.128. The summed E-state index contributed by atoms with van der Waals surface area (Å²) in [4.78, 5) is 13.1. The van der Waals surface area contributed by atoms with E-state index in [4.69, 9.17) is 0 Å². The Morgan fingerprint density at radius 1 is 1.00 bits per heavy atom. The quantitative estimate of drug-likeness (QED) is 0.501. The third kappa shape index (κ3) is 4.91. The number of para-hydroxylation sites is 1. The van der Waals surface area contributed by atoms with E-state index in [2.05, 4.69) is 21.2 Å². The second-order valence-corrected chi connectivity index (χ2v) is 9.59. The van der Waals surface area contributed by atoms with Gasteiger partial charge in [-0.1, -0.05) is 65.3 Å². The summed E-state index contributed by atoms with van der Waals surface area (Å²) >= 11 is 3.38. The van der Waals surface area contributed by atoms with Crippen LogP contribution in [-0.2, 0) is 21.2 Å². The molecule has 0 heterocycles. The fourth-order valence-electron chi connectivity index (χ4n) is 3.18. The predicted octanol–water partition coefficient (Wildman–Crippen LogP) is 5.15. The molecule has 0 saturated carbocycles. The molecule has 0 aliphatic rings. The number of halogens is 1. The number of nitrogens with zero attached hydrogens (tertiary/aromatic N) is 1. The molecule has 3 aromatic carbocycles. The van der Waals surface area contributed by atoms with Crippen LogP contribution in [0.1, 0.15) is 18.1 Å². The Morgan fingerprint density at radius 2 is 1.70 bits per heavy atom. The van der Waals surface area contributed by atoms with E-state index in [1.54, 1.807) is 42.5 Å². The van der Waals surface area contributed by atoms with Crippen molar-refractivity contribution in [1.29, 1.82) is 0 Å². The number of hydrogen-bond donors (Lipinski definition) is 1. The monoisotopic (exact) mass is 486 g/mol. The SMILES string of the molecule is CCc1cccc(C)c1NC(=O)CN(c1cccc(Br)c1)S(=O)(=O)c1ccccc1. The number of anilines is 2. The number of aryl methyl sites for hydroxylation is 2. The van der Waals surface area contributed by atoms with Crippen LogP contribution < -0.4 is 9.62 Å². The van der Waals surface area contributed by atoms with Crippen molar-refractivity contribution in [3.8, 4) is 0 Å². The summed E-state index contributed by atoms with van der Waals surface area (Å²) in [5, 5.41) is 2.91. The molecule has 0 fully saturated rings. The molecule has 0 aliphatic carbocycles. The van der Waals surface area contributed by atoms with Gasteiger partial charge in [0.25, 0.3) is 10.0 Å². The molecular formula is C23H23BrN2O3S. The van der Waals surface area contributed by atoms with E-state index in [1.807, 2.05) is 32.0 Å². The first-order valence-corrected chi connectivity index (χ1v) is 11.8. The number of benzene rings is 3. The average molecular weight is 487 g/mol. The van der Waals surface area contributed by atoms with E-state index in [0.29, 0.717) is 5.69 Å². The van der Waals surface area contributed by atoms with Gasteiger partial charge in [0.2, 0.25) is 5.91 Å². The molecule has 0 aromatic heterocycles. The molecule has 156 valence electrons. The zero-order valence-corrected chi connectivity index (χ0v) is 19.2. The van der Waals surface area contributed by atoms with Crippen molar-refractivity contribution in [3.05, 3.63) is 88.4 Å². The molecule has 0 aliphatic heterocycles. The molecule has 30 heavy (non-hydrogen) atoms. The highest BCUT2D eigenvalue weighted by Gasteiger charge is 2.27. The number of hydrogen-bond acceptors (Lipinski definition) is 3. The first-order chi connectivity index (χ1) is 14.3. The van der Waals surface area contributed by atoms with Crippen molar-refractivity contribution in [2.45, 2.75) is 25.2 Å². The van der Waals surface area contributed by atoms with Gasteiger partial charge in [-0.25, -0.2) is 8.42 Å². The van der Waals surface area contributed by atoms with Gasteiger partial charge < -0.3 is 5.32 Å². The smallest absolute Gasteiger partial charge is 0.264 e. The average Bonchev–Trinajstić information content (AvgIpc) is 2.74. The molecule has 0 radical (unpaired) electrons. The number of nitrogens with one attached hydrogen (secondary N) is 1. The van der Waals surface area contributed by atoms with Gasteiger partial charge in [-0.15, -0.1) is 0 Å². The summed E-state index contributed by atoms with van der Waals surface area (Å²) < 4.78 is 28.6. The summed E-state index contributed by atoms with van der Waals surface area (Å²) in [5.74, 6) is -0.404. The minimum atomic E-state index is -3.93. The van der Waals surface area contributed by atoms with Gasteiger partial charge in [0.15, 0.2) is 0 Å². The number of carbonyl (C=O) groups is 1. The maximum absolute atomic E-state index is 13.4. The van der Waals surface area contributed by atoms with Gasteiger partial charge in [0.05, 0.1) is 10.6 Å². The van der Waals surface area contributed by atoms with Crippen LogP contribution in [0.15, 0.2) is 82.2 Å². The molecule has 0 saturated heterocycles. The van der Waals surface area contributed by atoms with Gasteiger partial charge >= 0.3 is 0 Å². The largest absolute Gasteiger partial charge is 0.324 e. The van der Waals surface area contributed by atoms with Crippen LogP contribution in [-0.4, -0.2) is 20.9 Å². The lowest BCUT2D eigenvalue weighted by atomic mass is 10.1. The van der Waals surface area contributed by atoms with E-state index in [-0.39, 0.29) is 11.4 Å². The van der Waals surface area contributed by atoms with Crippen molar-refractivity contribution >= 4 is 43.2 Å². The number of amides is 1. The Morgan fingerprint density at radius 3 is 2.37 bits per heavy atom. The first kappa shape index (κ1) is 22.1. The van der Waals surface area contributed by atoms with E-state index in [0.717, 1.165) is 32.0 Å². The van der Waals surface area contributed by atoms with Crippen LogP contribution in [0.3, 0.4) is 0 Å². The van der Waals surface area contributed by atoms with Crippen LogP contribution in [0.2, 0.25) is 0 Å². The van der Waals surface area contributed by atoms with E-state index < -0.39 is 15.9 Å². The highest BCUT2D eigenvalue weighted by Crippen LogP contribution is 2.27. The predicted molar refractivity (Wildman–Crippen MR) is 124 cm³/mol. The number of rotatable bonds is 7. The highest BCUT2D eigenvalue weighted by atomic mass is 79.9. The molecule has 0 atom stereocenters. The molecule has 5 nitrogen and oxygen atoms in total. The van der Waals surface area contributed by atoms with E-state index in [1.165, 1.54) is 12.1 Å². The molecule has 0 bridgehead atoms. The molecule has 3 rings (SSSR count). The highest BCUT2D eigenvalue weighted by molar-refractivity contribution is 9.10. The Bertz CT molecular complexity index is 1150. The van der Waals surface area contributed by atoms with Crippen LogP contribution in [0.4, 0.5) is 11.4 Å². The third-order valence-electron chi connectivity index (χ3n) is 4.72. The lowest BCUT2D eigenvalue weighted by Crippen LogP contribution is -2.38. The van der Waals surface area contributed by atoms with E-state index >= 15 is 0 Å². The number of sulfonamides is 1. The first-order valence-electron chi connectivity index (χ1n) is 9.54. The van der Waals surface area contributed by atoms with Gasteiger partial charge in [0, 0.05) is 10.2 Å². The molecule has 0 unspecified atom stereocenters. The molecule has 7 heteroatoms. The van der Waals surface area contributed by atoms with Crippen LogP contribution in [0.25, 0.3) is 0 Å². The summed E-state index contributed by atoms with van der Waals surface area (Å²) in [6, 6.07) is 20.8. The van der Waals surface area contributed by atoms with Crippen LogP contribution >= 0.6 is 15.9 Å². The van der Waals surface area contributed by atoms with Crippen molar-refractivity contribution in [2.24, 2.45) is 0 Å². The molecule has 1 N–H and O–H groups in total. The van der Waals surface area contributed by atoms with E-state index in [9.17, 15) is 13.2 Å². The maximum Gasteiger partial charge on any atom is 0.264 e. The Hall–Kier alpha value is -2.64. The van der Waals surface area contributed by atoms with Crippen molar-refractivity contribution in [1.82, 2.24) is 0 Å². The van der Waals surface area contributed by atoms with Crippen molar-refractivity contribution < 1.29 is 13.2 Å². The van der Waals surface area contributed by atoms with Crippen molar-refractivity contribution in [3.63, 3.8) is 0 Å². The minimum Gasteiger partial charge on any atom is -0.324 e. The molecule has 3 aromatic rings. The van der Waals surface area contributed by atoms with Gasteiger partial charge in [-0.2, -0.15) is 0 Å². The summed E-state index contributed by atoms with van der Waals surface area (Å²) in [6.45, 7) is 3.59. The summed E-state index contributed by atoms with van der Waals surface area (Å²) in [6.07, 6.45) is 0.759. The van der Waals surface area contributed by atoms with Crippen LogP contribution in [0.5, 0.6) is 0 Å². The zero-order valence-electron chi connectivity index (χ0n) is 16.8. The maximum atomic E-state index is 13.4. The normalized spacial score (nSPS) is 11.2. The molecule has 1 amide bonds. The molecular weight excluding hydrogens is 464 g/mol. The lowest BCUT2D eigenvalue weighted by Gasteiger charge is -2.25. The fourth-order valence-corrected chi connectivity index (χ4v) is 5.00. The molecule has 0 spiro atoms. The van der Waals surface area contributed by atoms with Gasteiger partial charge in [-0.05, 0) is 54.8 Å². The standard InChI is InChI=1S/C23H23BrN2O3S/c1-3-18-10-7-9-17(2)23(18)25-22(27)16-26(20-12-8-11-19(24)15-20)30(28,29)21-13-5-4-6-14-21/h4-15H,3,16H2,1-2H3,(H,25,27). The third-order valence-corrected chi connectivity index (χ3v) is 7.00. The topological polar surface area (TPSA) is 66.5 Å². The van der Waals surface area contributed by atoms with Crippen molar-refractivity contribution in [2.75, 3.05) is 16.2 Å². The Labute approximate surface area is 185 Å². The van der Waals surface area contributed by atoms with Gasteiger partial charge in [0.1, 0.15) is 6.54 Å². The second kappa shape index (κ2) is 9.45. The summed E-state index contributed by atoms with van der Waals surface area (Å²) in [7, 11) is -3.93. The Balaban J connectivity index is 1.97. The second-order valence-electron chi connectivity index (χ2n) is 6.82. The summed E-state index contributed by atoms with van der Waals surface area (Å²) in [5.41, 5.74) is 3.08. The van der Waals surface area contributed by atoms with Crippen LogP contribution in [0, 0.1) is 6.92 Å². The Kier molecular flexibility index (Phi) is 6.95. The fraction of sp³-hybridized carbons (Fsp3) is 0.174. The zero-order chi connectivity index (χ0) is 21.7. The van der Waals surface area contributed by atoms with Gasteiger partial charge in [-0.3, -0.25) is 9.10 Å².